The molecule has 3 aromatic rings. The first-order valence-corrected chi connectivity index (χ1v) is 12.7. The molecular weight excluding hydrogens is 466 g/mol. The van der Waals surface area contributed by atoms with Gasteiger partial charge in [0, 0.05) is 24.3 Å². The number of aryl methyl sites for hydroxylation is 1. The molecule has 0 aliphatic carbocycles. The van der Waals surface area contributed by atoms with E-state index < -0.39 is 6.04 Å². The Morgan fingerprint density at radius 3 is 2.57 bits per heavy atom. The van der Waals surface area contributed by atoms with Crippen molar-refractivity contribution in [3.63, 3.8) is 0 Å². The zero-order valence-electron chi connectivity index (χ0n) is 20.5. The number of benzene rings is 1. The summed E-state index contributed by atoms with van der Waals surface area (Å²) in [4.78, 5) is 31.8. The van der Waals surface area contributed by atoms with Crippen molar-refractivity contribution < 1.29 is 19.1 Å². The van der Waals surface area contributed by atoms with Gasteiger partial charge in [-0.3, -0.25) is 9.59 Å². The second-order valence-electron chi connectivity index (χ2n) is 8.56. The van der Waals surface area contributed by atoms with Crippen LogP contribution in [0.3, 0.4) is 0 Å². The van der Waals surface area contributed by atoms with Crippen LogP contribution in [0.1, 0.15) is 31.9 Å². The van der Waals surface area contributed by atoms with E-state index in [9.17, 15) is 9.59 Å². The first-order valence-electron chi connectivity index (χ1n) is 11.7. The molecule has 0 saturated carbocycles. The largest absolute Gasteiger partial charge is 0.493 e. The second kappa shape index (κ2) is 11.0. The van der Waals surface area contributed by atoms with Crippen molar-refractivity contribution in [2.75, 3.05) is 33.1 Å². The summed E-state index contributed by atoms with van der Waals surface area (Å²) < 4.78 is 12.5. The molecule has 10 heteroatoms. The fourth-order valence-corrected chi connectivity index (χ4v) is 5.10. The molecule has 186 valence electrons. The Bertz CT molecular complexity index is 1220. The quantitative estimate of drug-likeness (QED) is 0.377. The van der Waals surface area contributed by atoms with E-state index in [0.29, 0.717) is 17.1 Å². The number of carbonyl (C=O) groups excluding carboxylic acids is 2. The summed E-state index contributed by atoms with van der Waals surface area (Å²) in [6.45, 7) is 5.19. The minimum atomic E-state index is -0.540. The van der Waals surface area contributed by atoms with Gasteiger partial charge in [0.05, 0.1) is 26.2 Å². The maximum atomic E-state index is 12.6. The van der Waals surface area contributed by atoms with Gasteiger partial charge in [0.1, 0.15) is 11.1 Å². The number of likely N-dealkylation sites (tertiary alicyclic amines) is 1. The number of fused-ring (bicyclic) bond motifs is 1. The Balaban J connectivity index is 1.48. The molecule has 1 aromatic carbocycles. The SMILES string of the molecule is COc1ccc(-c2cnn3c(SCC(=O)NC(C)C(=O)N4CCCCC4)cc(C)nc23)cc1OC. The van der Waals surface area contributed by atoms with E-state index in [4.69, 9.17) is 9.47 Å². The van der Waals surface area contributed by atoms with Crippen LogP contribution < -0.4 is 14.8 Å². The molecule has 1 N–H and O–H groups in total. The fourth-order valence-electron chi connectivity index (χ4n) is 4.23. The predicted molar refractivity (Wildman–Crippen MR) is 135 cm³/mol. The van der Waals surface area contributed by atoms with Crippen molar-refractivity contribution in [3.05, 3.63) is 36.2 Å². The topological polar surface area (TPSA) is 98.1 Å². The van der Waals surface area contributed by atoms with Gasteiger partial charge in [0.15, 0.2) is 17.1 Å². The van der Waals surface area contributed by atoms with Crippen LogP contribution in [0.15, 0.2) is 35.5 Å². The summed E-state index contributed by atoms with van der Waals surface area (Å²) in [5.74, 6) is 1.23. The van der Waals surface area contributed by atoms with Gasteiger partial charge in [-0.1, -0.05) is 17.8 Å². The highest BCUT2D eigenvalue weighted by molar-refractivity contribution is 7.99. The third kappa shape index (κ3) is 5.53. The summed E-state index contributed by atoms with van der Waals surface area (Å²) >= 11 is 1.36. The molecule has 1 aliphatic rings. The first-order chi connectivity index (χ1) is 16.9. The summed E-state index contributed by atoms with van der Waals surface area (Å²) in [5, 5.41) is 8.17. The molecule has 1 aliphatic heterocycles. The standard InChI is InChI=1S/C25H31N5O4S/c1-16-12-23(35-15-22(31)28-17(2)25(32)29-10-6-5-7-11-29)30-24(27-16)19(14-26-30)18-8-9-20(33-3)21(13-18)34-4/h8-9,12-14,17H,5-7,10-11,15H2,1-4H3,(H,28,31). The summed E-state index contributed by atoms with van der Waals surface area (Å²) in [6, 6.07) is 7.03. The van der Waals surface area contributed by atoms with Crippen molar-refractivity contribution in [1.29, 1.82) is 0 Å². The Kier molecular flexibility index (Phi) is 7.80. The number of rotatable bonds is 8. The summed E-state index contributed by atoms with van der Waals surface area (Å²) in [5.41, 5.74) is 3.25. The average molecular weight is 498 g/mol. The van der Waals surface area contributed by atoms with E-state index in [1.54, 1.807) is 31.9 Å². The van der Waals surface area contributed by atoms with Crippen LogP contribution in [-0.2, 0) is 9.59 Å². The van der Waals surface area contributed by atoms with Crippen LogP contribution in [0.5, 0.6) is 11.5 Å². The van der Waals surface area contributed by atoms with Crippen molar-refractivity contribution >= 4 is 29.2 Å². The van der Waals surface area contributed by atoms with E-state index in [2.05, 4.69) is 15.4 Å². The molecule has 2 amide bonds. The highest BCUT2D eigenvalue weighted by Crippen LogP contribution is 2.34. The van der Waals surface area contributed by atoms with Gasteiger partial charge in [-0.2, -0.15) is 5.10 Å². The fraction of sp³-hybridized carbons (Fsp3) is 0.440. The number of nitrogens with one attached hydrogen (secondary N) is 1. The van der Waals surface area contributed by atoms with E-state index >= 15 is 0 Å². The number of ether oxygens (including phenoxy) is 2. The summed E-state index contributed by atoms with van der Waals surface area (Å²) in [6.07, 6.45) is 4.96. The number of carbonyl (C=O) groups is 2. The van der Waals surface area contributed by atoms with Crippen LogP contribution in [-0.4, -0.2) is 70.4 Å². The number of nitrogens with zero attached hydrogens (tertiary/aromatic N) is 4. The lowest BCUT2D eigenvalue weighted by molar-refractivity contribution is -0.136. The highest BCUT2D eigenvalue weighted by atomic mass is 32.2. The van der Waals surface area contributed by atoms with Crippen LogP contribution in [0, 0.1) is 6.92 Å². The van der Waals surface area contributed by atoms with Crippen molar-refractivity contribution in [2.45, 2.75) is 44.2 Å². The molecule has 9 nitrogen and oxygen atoms in total. The minimum Gasteiger partial charge on any atom is -0.493 e. The third-order valence-corrected chi connectivity index (χ3v) is 7.02. The van der Waals surface area contributed by atoms with Crippen LogP contribution >= 0.6 is 11.8 Å². The second-order valence-corrected chi connectivity index (χ2v) is 9.56. The van der Waals surface area contributed by atoms with E-state index in [0.717, 1.165) is 54.2 Å². The lowest BCUT2D eigenvalue weighted by Crippen LogP contribution is -2.48. The van der Waals surface area contributed by atoms with Gasteiger partial charge in [-0.15, -0.1) is 0 Å². The molecule has 0 bridgehead atoms. The Labute approximate surface area is 209 Å². The van der Waals surface area contributed by atoms with Gasteiger partial charge >= 0.3 is 0 Å². The molecule has 1 atom stereocenters. The van der Waals surface area contributed by atoms with Gasteiger partial charge < -0.3 is 19.7 Å². The normalized spacial score (nSPS) is 14.6. The molecule has 1 saturated heterocycles. The molecule has 4 rings (SSSR count). The molecule has 0 radical (unpaired) electrons. The number of aromatic nitrogens is 3. The zero-order chi connectivity index (χ0) is 24.9. The lowest BCUT2D eigenvalue weighted by Gasteiger charge is -2.29. The molecule has 1 fully saturated rings. The summed E-state index contributed by atoms with van der Waals surface area (Å²) in [7, 11) is 3.20. The first kappa shape index (κ1) is 24.8. The lowest BCUT2D eigenvalue weighted by atomic mass is 10.1. The third-order valence-electron chi connectivity index (χ3n) is 6.03. The number of hydrogen-bond donors (Lipinski definition) is 1. The van der Waals surface area contributed by atoms with Gasteiger partial charge in [0.25, 0.3) is 0 Å². The van der Waals surface area contributed by atoms with E-state index in [1.165, 1.54) is 11.8 Å². The van der Waals surface area contributed by atoms with Gasteiger partial charge in [-0.25, -0.2) is 9.50 Å². The Morgan fingerprint density at radius 1 is 1.11 bits per heavy atom. The van der Waals surface area contributed by atoms with Crippen molar-refractivity contribution in [2.24, 2.45) is 0 Å². The maximum Gasteiger partial charge on any atom is 0.244 e. The average Bonchev–Trinajstić information content (AvgIpc) is 3.30. The molecule has 0 spiro atoms. The van der Waals surface area contributed by atoms with Gasteiger partial charge in [0.2, 0.25) is 11.8 Å². The molecule has 3 heterocycles. The molecule has 35 heavy (non-hydrogen) atoms. The number of methoxy groups -OCH3 is 2. The van der Waals surface area contributed by atoms with Crippen LogP contribution in [0.25, 0.3) is 16.8 Å². The number of thioether (sulfide) groups is 1. The maximum absolute atomic E-state index is 12.6. The zero-order valence-corrected chi connectivity index (χ0v) is 21.4. The minimum absolute atomic E-state index is 0.0168. The van der Waals surface area contributed by atoms with Crippen molar-refractivity contribution in [1.82, 2.24) is 24.8 Å². The number of hydrogen-bond acceptors (Lipinski definition) is 7. The molecule has 2 aromatic heterocycles. The van der Waals surface area contributed by atoms with Crippen LogP contribution in [0.4, 0.5) is 0 Å². The van der Waals surface area contributed by atoms with Gasteiger partial charge in [-0.05, 0) is 56.9 Å². The predicted octanol–water partition coefficient (Wildman–Crippen LogP) is 3.33. The number of amides is 2. The molecular formula is C25H31N5O4S. The number of piperidine rings is 1. The Morgan fingerprint density at radius 2 is 1.86 bits per heavy atom. The van der Waals surface area contributed by atoms with Crippen molar-refractivity contribution in [3.8, 4) is 22.6 Å². The smallest absolute Gasteiger partial charge is 0.244 e. The van der Waals surface area contributed by atoms with E-state index in [-0.39, 0.29) is 17.6 Å². The highest BCUT2D eigenvalue weighted by Gasteiger charge is 2.23. The Hall–Kier alpha value is -3.27. The monoisotopic (exact) mass is 497 g/mol. The van der Waals surface area contributed by atoms with Crippen LogP contribution in [0.2, 0.25) is 0 Å². The molecule has 1 unspecified atom stereocenters. The van der Waals surface area contributed by atoms with E-state index in [1.807, 2.05) is 36.1 Å².